The molecular weight excluding hydrogens is 224 g/mol. The van der Waals surface area contributed by atoms with Crippen molar-refractivity contribution in [2.45, 2.75) is 13.3 Å². The van der Waals surface area contributed by atoms with Crippen LogP contribution in [-0.4, -0.2) is 14.6 Å². The zero-order chi connectivity index (χ0) is 12.5. The van der Waals surface area contributed by atoms with Crippen LogP contribution in [0.5, 0.6) is 0 Å². The quantitative estimate of drug-likeness (QED) is 0.746. The molecule has 0 aliphatic rings. The maximum Gasteiger partial charge on any atom is 0.165 e. The van der Waals surface area contributed by atoms with E-state index in [2.05, 4.69) is 17.0 Å². The van der Waals surface area contributed by atoms with E-state index in [-0.39, 0.29) is 0 Å². The van der Waals surface area contributed by atoms with Crippen molar-refractivity contribution in [3.8, 4) is 11.1 Å². The van der Waals surface area contributed by atoms with Crippen molar-refractivity contribution in [1.29, 1.82) is 0 Å². The summed E-state index contributed by atoms with van der Waals surface area (Å²) in [6.07, 6.45) is 2.72. The van der Waals surface area contributed by atoms with Gasteiger partial charge in [-0.2, -0.15) is 5.10 Å². The molecule has 0 spiro atoms. The van der Waals surface area contributed by atoms with Crippen LogP contribution >= 0.6 is 0 Å². The van der Waals surface area contributed by atoms with Gasteiger partial charge >= 0.3 is 0 Å². The molecule has 3 rings (SSSR count). The second-order valence-corrected chi connectivity index (χ2v) is 4.19. The SMILES string of the molecule is CCc1cc(N)nc2c(-c3ccccc3)cnn12. The van der Waals surface area contributed by atoms with Gasteiger partial charge in [0.2, 0.25) is 0 Å². The molecule has 90 valence electrons. The van der Waals surface area contributed by atoms with Crippen molar-refractivity contribution in [2.24, 2.45) is 0 Å². The van der Waals surface area contributed by atoms with Gasteiger partial charge in [0.1, 0.15) is 5.82 Å². The molecule has 4 heteroatoms. The summed E-state index contributed by atoms with van der Waals surface area (Å²) >= 11 is 0. The van der Waals surface area contributed by atoms with E-state index in [1.807, 2.05) is 47.1 Å². The van der Waals surface area contributed by atoms with Crippen molar-refractivity contribution in [2.75, 3.05) is 5.73 Å². The summed E-state index contributed by atoms with van der Waals surface area (Å²) in [7, 11) is 0. The van der Waals surface area contributed by atoms with Gasteiger partial charge in [-0.05, 0) is 12.0 Å². The Morgan fingerprint density at radius 3 is 2.72 bits per heavy atom. The Morgan fingerprint density at radius 2 is 2.00 bits per heavy atom. The smallest absolute Gasteiger partial charge is 0.165 e. The fourth-order valence-electron chi connectivity index (χ4n) is 2.12. The molecule has 0 fully saturated rings. The molecule has 2 N–H and O–H groups in total. The molecule has 0 saturated heterocycles. The van der Waals surface area contributed by atoms with Crippen LogP contribution < -0.4 is 5.73 Å². The number of anilines is 1. The molecule has 0 aliphatic carbocycles. The van der Waals surface area contributed by atoms with Gasteiger partial charge in [-0.25, -0.2) is 9.50 Å². The number of rotatable bonds is 2. The topological polar surface area (TPSA) is 56.2 Å². The van der Waals surface area contributed by atoms with E-state index >= 15 is 0 Å². The Labute approximate surface area is 105 Å². The molecule has 0 aliphatic heterocycles. The molecule has 0 amide bonds. The Bertz CT molecular complexity index is 686. The van der Waals surface area contributed by atoms with Gasteiger partial charge in [-0.3, -0.25) is 0 Å². The second-order valence-electron chi connectivity index (χ2n) is 4.19. The van der Waals surface area contributed by atoms with E-state index in [9.17, 15) is 0 Å². The summed E-state index contributed by atoms with van der Waals surface area (Å²) in [6.45, 7) is 2.08. The lowest BCUT2D eigenvalue weighted by atomic mass is 10.1. The molecular formula is C14H14N4. The van der Waals surface area contributed by atoms with Crippen molar-refractivity contribution in [3.05, 3.63) is 48.3 Å². The highest BCUT2D eigenvalue weighted by Crippen LogP contribution is 2.24. The first-order valence-corrected chi connectivity index (χ1v) is 5.98. The van der Waals surface area contributed by atoms with Gasteiger partial charge in [0.05, 0.1) is 6.20 Å². The fraction of sp³-hybridized carbons (Fsp3) is 0.143. The molecule has 0 bridgehead atoms. The lowest BCUT2D eigenvalue weighted by molar-refractivity contribution is 0.852. The summed E-state index contributed by atoms with van der Waals surface area (Å²) < 4.78 is 1.86. The summed E-state index contributed by atoms with van der Waals surface area (Å²) in [6, 6.07) is 12.0. The van der Waals surface area contributed by atoms with Gasteiger partial charge in [0.15, 0.2) is 5.65 Å². The normalized spacial score (nSPS) is 10.9. The number of benzene rings is 1. The Balaban J connectivity index is 2.30. The molecule has 0 atom stereocenters. The van der Waals surface area contributed by atoms with Gasteiger partial charge in [-0.1, -0.05) is 37.3 Å². The molecule has 2 heterocycles. The molecule has 1 aromatic carbocycles. The Kier molecular flexibility index (Phi) is 2.48. The minimum absolute atomic E-state index is 0.539. The first kappa shape index (κ1) is 10.8. The molecule has 2 aromatic heterocycles. The van der Waals surface area contributed by atoms with Crippen LogP contribution in [0, 0.1) is 0 Å². The van der Waals surface area contributed by atoms with Crippen LogP contribution in [0.4, 0.5) is 5.82 Å². The number of hydrogen-bond donors (Lipinski definition) is 1. The second kappa shape index (κ2) is 4.14. The highest BCUT2D eigenvalue weighted by molar-refractivity contribution is 5.77. The summed E-state index contributed by atoms with van der Waals surface area (Å²) in [5.74, 6) is 0.539. The highest BCUT2D eigenvalue weighted by atomic mass is 15.3. The molecule has 0 saturated carbocycles. The van der Waals surface area contributed by atoms with E-state index in [1.165, 1.54) is 0 Å². The predicted molar refractivity (Wildman–Crippen MR) is 72.2 cm³/mol. The van der Waals surface area contributed by atoms with E-state index < -0.39 is 0 Å². The number of nitrogens with two attached hydrogens (primary N) is 1. The summed E-state index contributed by atoms with van der Waals surface area (Å²) in [4.78, 5) is 4.40. The highest BCUT2D eigenvalue weighted by Gasteiger charge is 2.10. The third-order valence-corrected chi connectivity index (χ3v) is 3.01. The number of nitrogen functional groups attached to an aromatic ring is 1. The van der Waals surface area contributed by atoms with Crippen molar-refractivity contribution >= 4 is 11.5 Å². The van der Waals surface area contributed by atoms with E-state index in [0.29, 0.717) is 5.82 Å². The van der Waals surface area contributed by atoms with Gasteiger partial charge in [0.25, 0.3) is 0 Å². The number of hydrogen-bond acceptors (Lipinski definition) is 3. The molecule has 4 nitrogen and oxygen atoms in total. The van der Waals surface area contributed by atoms with Crippen molar-refractivity contribution in [3.63, 3.8) is 0 Å². The molecule has 3 aromatic rings. The lowest BCUT2D eigenvalue weighted by Crippen LogP contribution is -2.02. The predicted octanol–water partition coefficient (Wildman–Crippen LogP) is 2.54. The number of aromatic nitrogens is 3. The standard InChI is InChI=1S/C14H14N4/c1-2-11-8-13(15)17-14-12(9-16-18(11)14)10-6-4-3-5-7-10/h3-9H,2H2,1H3,(H2,15,17). The van der Waals surface area contributed by atoms with E-state index in [0.717, 1.165) is 28.9 Å². The summed E-state index contributed by atoms with van der Waals surface area (Å²) in [5.41, 5.74) is 9.86. The van der Waals surface area contributed by atoms with Gasteiger partial charge < -0.3 is 5.73 Å². The maximum absolute atomic E-state index is 5.85. The first-order valence-electron chi connectivity index (χ1n) is 5.98. The lowest BCUT2D eigenvalue weighted by Gasteiger charge is -2.04. The van der Waals surface area contributed by atoms with Crippen molar-refractivity contribution in [1.82, 2.24) is 14.6 Å². The third-order valence-electron chi connectivity index (χ3n) is 3.01. The summed E-state index contributed by atoms with van der Waals surface area (Å²) in [5, 5.41) is 4.41. The zero-order valence-electron chi connectivity index (χ0n) is 10.2. The minimum atomic E-state index is 0.539. The van der Waals surface area contributed by atoms with E-state index in [1.54, 1.807) is 0 Å². The Morgan fingerprint density at radius 1 is 1.22 bits per heavy atom. The van der Waals surface area contributed by atoms with Crippen LogP contribution in [0.3, 0.4) is 0 Å². The maximum atomic E-state index is 5.85. The number of aryl methyl sites for hydroxylation is 1. The molecule has 0 radical (unpaired) electrons. The van der Waals surface area contributed by atoms with Crippen LogP contribution in [0.2, 0.25) is 0 Å². The number of nitrogens with zero attached hydrogens (tertiary/aromatic N) is 3. The largest absolute Gasteiger partial charge is 0.384 e. The average molecular weight is 238 g/mol. The number of fused-ring (bicyclic) bond motifs is 1. The van der Waals surface area contributed by atoms with Crippen LogP contribution in [0.15, 0.2) is 42.6 Å². The third kappa shape index (κ3) is 1.62. The van der Waals surface area contributed by atoms with Crippen LogP contribution in [-0.2, 0) is 6.42 Å². The van der Waals surface area contributed by atoms with Gasteiger partial charge in [-0.15, -0.1) is 0 Å². The van der Waals surface area contributed by atoms with Gasteiger partial charge in [0, 0.05) is 17.3 Å². The molecule has 0 unspecified atom stereocenters. The fourth-order valence-corrected chi connectivity index (χ4v) is 2.12. The van der Waals surface area contributed by atoms with Crippen molar-refractivity contribution < 1.29 is 0 Å². The van der Waals surface area contributed by atoms with Crippen LogP contribution in [0.25, 0.3) is 16.8 Å². The monoisotopic (exact) mass is 238 g/mol. The average Bonchev–Trinajstić information content (AvgIpc) is 2.82. The first-order chi connectivity index (χ1) is 8.79. The van der Waals surface area contributed by atoms with Crippen LogP contribution in [0.1, 0.15) is 12.6 Å². The zero-order valence-corrected chi connectivity index (χ0v) is 10.2. The minimum Gasteiger partial charge on any atom is -0.384 e. The molecule has 18 heavy (non-hydrogen) atoms. The Hall–Kier alpha value is -2.36. The van der Waals surface area contributed by atoms with E-state index in [4.69, 9.17) is 5.73 Å².